The summed E-state index contributed by atoms with van der Waals surface area (Å²) in [6.07, 6.45) is 3.30. The Labute approximate surface area is 103 Å². The van der Waals surface area contributed by atoms with E-state index in [0.717, 1.165) is 11.3 Å². The van der Waals surface area contributed by atoms with Crippen LogP contribution >= 0.6 is 0 Å². The second-order valence-electron chi connectivity index (χ2n) is 3.59. The monoisotopic (exact) mass is 229 g/mol. The largest absolute Gasteiger partial charge is 0.382 e. The van der Waals surface area contributed by atoms with E-state index in [-0.39, 0.29) is 0 Å². The maximum Gasteiger partial charge on any atom is 0.141 e. The molecular weight excluding hydrogens is 210 g/mol. The summed E-state index contributed by atoms with van der Waals surface area (Å²) in [6, 6.07) is 6.18. The van der Waals surface area contributed by atoms with Crippen LogP contribution in [-0.4, -0.2) is 9.97 Å². The maximum absolute atomic E-state index is 5.51. The standard InChI is InChI=1S/C12H13N3.C2H6/c1-8-4-3-5-9(2)12(8)10-6-15-11(13)7-14-10;1-2/h3-7H,1-2H3,(H2,13,15);1-2H3. The lowest BCUT2D eigenvalue weighted by Crippen LogP contribution is -1.95. The molecule has 90 valence electrons. The zero-order valence-electron chi connectivity index (χ0n) is 10.9. The molecule has 2 N–H and O–H groups in total. The van der Waals surface area contributed by atoms with Crippen molar-refractivity contribution in [2.45, 2.75) is 27.7 Å². The van der Waals surface area contributed by atoms with Crippen molar-refractivity contribution in [1.82, 2.24) is 9.97 Å². The molecule has 0 saturated carbocycles. The van der Waals surface area contributed by atoms with Crippen LogP contribution in [0.1, 0.15) is 25.0 Å². The Morgan fingerprint density at radius 2 is 1.53 bits per heavy atom. The van der Waals surface area contributed by atoms with Crippen LogP contribution in [0.2, 0.25) is 0 Å². The third kappa shape index (κ3) is 3.03. The molecule has 0 bridgehead atoms. The molecule has 0 atom stereocenters. The first kappa shape index (κ1) is 13.2. The third-order valence-corrected chi connectivity index (χ3v) is 2.41. The van der Waals surface area contributed by atoms with Gasteiger partial charge in [-0.25, -0.2) is 4.98 Å². The molecule has 1 heterocycles. The van der Waals surface area contributed by atoms with Gasteiger partial charge in [0.2, 0.25) is 0 Å². The predicted octanol–water partition coefficient (Wildman–Crippen LogP) is 3.37. The van der Waals surface area contributed by atoms with Crippen LogP contribution in [0.3, 0.4) is 0 Å². The highest BCUT2D eigenvalue weighted by molar-refractivity contribution is 5.66. The maximum atomic E-state index is 5.51. The van der Waals surface area contributed by atoms with E-state index in [1.165, 1.54) is 11.1 Å². The lowest BCUT2D eigenvalue weighted by Gasteiger charge is -2.08. The average molecular weight is 229 g/mol. The molecule has 17 heavy (non-hydrogen) atoms. The van der Waals surface area contributed by atoms with Crippen LogP contribution < -0.4 is 5.73 Å². The quantitative estimate of drug-likeness (QED) is 0.815. The molecule has 2 aromatic rings. The van der Waals surface area contributed by atoms with Crippen molar-refractivity contribution < 1.29 is 0 Å². The summed E-state index contributed by atoms with van der Waals surface area (Å²) >= 11 is 0. The zero-order chi connectivity index (χ0) is 12.8. The Kier molecular flexibility index (Phi) is 4.64. The van der Waals surface area contributed by atoms with Gasteiger partial charge >= 0.3 is 0 Å². The Morgan fingerprint density at radius 1 is 0.941 bits per heavy atom. The number of hydrogen-bond acceptors (Lipinski definition) is 3. The Morgan fingerprint density at radius 3 is 2.00 bits per heavy atom. The summed E-state index contributed by atoms with van der Waals surface area (Å²) < 4.78 is 0. The van der Waals surface area contributed by atoms with E-state index in [9.17, 15) is 0 Å². The fourth-order valence-electron chi connectivity index (χ4n) is 1.69. The van der Waals surface area contributed by atoms with Crippen molar-refractivity contribution >= 4 is 5.82 Å². The van der Waals surface area contributed by atoms with E-state index in [4.69, 9.17) is 5.73 Å². The fraction of sp³-hybridized carbons (Fsp3) is 0.286. The molecule has 0 saturated heterocycles. The van der Waals surface area contributed by atoms with Crippen LogP contribution in [0.15, 0.2) is 30.6 Å². The van der Waals surface area contributed by atoms with E-state index in [2.05, 4.69) is 35.9 Å². The lowest BCUT2D eigenvalue weighted by atomic mass is 10.0. The van der Waals surface area contributed by atoms with Gasteiger partial charge in [-0.1, -0.05) is 32.0 Å². The van der Waals surface area contributed by atoms with Gasteiger partial charge in [0.05, 0.1) is 18.1 Å². The topological polar surface area (TPSA) is 51.8 Å². The van der Waals surface area contributed by atoms with Crippen molar-refractivity contribution in [1.29, 1.82) is 0 Å². The molecule has 3 heteroatoms. The fourth-order valence-corrected chi connectivity index (χ4v) is 1.69. The second kappa shape index (κ2) is 5.99. The summed E-state index contributed by atoms with van der Waals surface area (Å²) in [4.78, 5) is 8.34. The van der Waals surface area contributed by atoms with Gasteiger partial charge in [0, 0.05) is 5.56 Å². The molecular formula is C14H19N3. The predicted molar refractivity (Wildman–Crippen MR) is 72.7 cm³/mol. The van der Waals surface area contributed by atoms with Gasteiger partial charge in [0.1, 0.15) is 5.82 Å². The third-order valence-electron chi connectivity index (χ3n) is 2.41. The summed E-state index contributed by atoms with van der Waals surface area (Å²) in [5.74, 6) is 0.449. The smallest absolute Gasteiger partial charge is 0.141 e. The lowest BCUT2D eigenvalue weighted by molar-refractivity contribution is 1.20. The number of rotatable bonds is 1. The molecule has 0 aliphatic carbocycles. The van der Waals surface area contributed by atoms with Crippen LogP contribution in [0.25, 0.3) is 11.3 Å². The molecule has 0 spiro atoms. The van der Waals surface area contributed by atoms with E-state index in [0.29, 0.717) is 5.82 Å². The minimum atomic E-state index is 0.449. The highest BCUT2D eigenvalue weighted by Crippen LogP contribution is 2.24. The van der Waals surface area contributed by atoms with E-state index in [1.807, 2.05) is 19.9 Å². The first-order valence-electron chi connectivity index (χ1n) is 5.82. The van der Waals surface area contributed by atoms with E-state index < -0.39 is 0 Å². The molecule has 0 aliphatic heterocycles. The van der Waals surface area contributed by atoms with Crippen molar-refractivity contribution in [3.05, 3.63) is 41.7 Å². The minimum Gasteiger partial charge on any atom is -0.382 e. The number of hydrogen-bond donors (Lipinski definition) is 1. The average Bonchev–Trinajstić information content (AvgIpc) is 2.34. The van der Waals surface area contributed by atoms with Gasteiger partial charge < -0.3 is 5.73 Å². The Bertz CT molecular complexity index is 455. The molecule has 0 amide bonds. The van der Waals surface area contributed by atoms with Gasteiger partial charge in [-0.05, 0) is 25.0 Å². The normalized spacial score (nSPS) is 9.41. The van der Waals surface area contributed by atoms with Crippen LogP contribution in [-0.2, 0) is 0 Å². The van der Waals surface area contributed by atoms with E-state index >= 15 is 0 Å². The molecule has 0 fully saturated rings. The van der Waals surface area contributed by atoms with E-state index in [1.54, 1.807) is 12.4 Å². The molecule has 3 nitrogen and oxygen atoms in total. The number of nitrogens with two attached hydrogens (primary N) is 1. The van der Waals surface area contributed by atoms with Crippen LogP contribution in [0, 0.1) is 13.8 Å². The number of nitrogen functional groups attached to an aromatic ring is 1. The van der Waals surface area contributed by atoms with Crippen molar-refractivity contribution in [2.75, 3.05) is 5.73 Å². The molecule has 0 radical (unpaired) electrons. The molecule has 0 aliphatic rings. The molecule has 2 rings (SSSR count). The zero-order valence-corrected chi connectivity index (χ0v) is 10.9. The van der Waals surface area contributed by atoms with Gasteiger partial charge in [-0.2, -0.15) is 0 Å². The number of aromatic nitrogens is 2. The minimum absolute atomic E-state index is 0.449. The summed E-state index contributed by atoms with van der Waals surface area (Å²) in [7, 11) is 0. The highest BCUT2D eigenvalue weighted by atomic mass is 14.9. The van der Waals surface area contributed by atoms with Crippen LogP contribution in [0.4, 0.5) is 5.82 Å². The number of benzene rings is 1. The molecule has 1 aromatic carbocycles. The first-order valence-corrected chi connectivity index (χ1v) is 5.82. The van der Waals surface area contributed by atoms with Crippen molar-refractivity contribution in [3.63, 3.8) is 0 Å². The number of anilines is 1. The summed E-state index contributed by atoms with van der Waals surface area (Å²) in [5.41, 5.74) is 9.93. The van der Waals surface area contributed by atoms with Crippen LogP contribution in [0.5, 0.6) is 0 Å². The molecule has 0 unspecified atom stereocenters. The van der Waals surface area contributed by atoms with Crippen molar-refractivity contribution in [3.8, 4) is 11.3 Å². The summed E-state index contributed by atoms with van der Waals surface area (Å²) in [5, 5.41) is 0. The van der Waals surface area contributed by atoms with Gasteiger partial charge in [0.15, 0.2) is 0 Å². The van der Waals surface area contributed by atoms with Crippen molar-refractivity contribution in [2.24, 2.45) is 0 Å². The Balaban J connectivity index is 0.000000686. The Hall–Kier alpha value is -1.90. The number of aryl methyl sites for hydroxylation is 2. The summed E-state index contributed by atoms with van der Waals surface area (Å²) in [6.45, 7) is 8.14. The van der Waals surface area contributed by atoms with Gasteiger partial charge in [-0.15, -0.1) is 0 Å². The first-order chi connectivity index (χ1) is 8.18. The highest BCUT2D eigenvalue weighted by Gasteiger charge is 2.06. The van der Waals surface area contributed by atoms with Gasteiger partial charge in [-0.3, -0.25) is 4.98 Å². The van der Waals surface area contributed by atoms with Gasteiger partial charge in [0.25, 0.3) is 0 Å². The molecule has 1 aromatic heterocycles. The SMILES string of the molecule is CC.Cc1cccc(C)c1-c1cnc(N)cn1. The number of nitrogens with zero attached hydrogens (tertiary/aromatic N) is 2. The second-order valence-corrected chi connectivity index (χ2v) is 3.59.